The number of carbonyl (C=O) groups is 2. The van der Waals surface area contributed by atoms with Crippen LogP contribution in [0.25, 0.3) is 0 Å². The molecule has 3 N–H and O–H groups in total. The van der Waals surface area contributed by atoms with Crippen LogP contribution in [0.2, 0.25) is 5.02 Å². The van der Waals surface area contributed by atoms with E-state index in [-0.39, 0.29) is 37.6 Å². The van der Waals surface area contributed by atoms with Crippen molar-refractivity contribution in [2.45, 2.75) is 13.0 Å². The van der Waals surface area contributed by atoms with E-state index in [0.29, 0.717) is 16.3 Å². The molecule has 0 aromatic heterocycles. The van der Waals surface area contributed by atoms with E-state index >= 15 is 0 Å². The summed E-state index contributed by atoms with van der Waals surface area (Å²) >= 11 is 5.85. The van der Waals surface area contributed by atoms with Gasteiger partial charge in [-0.25, -0.2) is 0 Å². The van der Waals surface area contributed by atoms with Gasteiger partial charge in [-0.05, 0) is 48.9 Å². The number of ether oxygens (including phenoxy) is 1. The molecular weight excluding hydrogens is 356 g/mol. The maximum atomic E-state index is 12.0. The number of rotatable bonds is 8. The molecule has 0 saturated carbocycles. The number of amides is 2. The van der Waals surface area contributed by atoms with Gasteiger partial charge in [0, 0.05) is 17.1 Å². The molecule has 0 radical (unpaired) electrons. The number of halogens is 1. The van der Waals surface area contributed by atoms with Crippen molar-refractivity contribution in [2.24, 2.45) is 0 Å². The molecule has 7 heteroatoms. The van der Waals surface area contributed by atoms with Crippen molar-refractivity contribution in [3.63, 3.8) is 0 Å². The smallest absolute Gasteiger partial charge is 0.258 e. The van der Waals surface area contributed by atoms with Crippen LogP contribution in [0.3, 0.4) is 0 Å². The number of aliphatic hydroxyl groups excluding tert-OH is 1. The highest BCUT2D eigenvalue weighted by atomic mass is 35.5. The minimum atomic E-state index is -0.278. The molecule has 0 aliphatic heterocycles. The summed E-state index contributed by atoms with van der Waals surface area (Å²) in [6.07, 6.45) is 0. The largest absolute Gasteiger partial charge is 0.484 e. The second-order valence-electron chi connectivity index (χ2n) is 5.63. The standard InChI is InChI=1S/C19H21ClN2O4/c1-13(14-2-6-16(20)7-3-14)22-18(24)12-26-17-8-4-15(5-9-17)19(25)21-10-11-23/h2-9,13,23H,10-12H2,1H3,(H,21,25)(H,22,24). The van der Waals surface area contributed by atoms with Crippen LogP contribution >= 0.6 is 11.6 Å². The van der Waals surface area contributed by atoms with E-state index in [1.54, 1.807) is 36.4 Å². The van der Waals surface area contributed by atoms with E-state index in [9.17, 15) is 9.59 Å². The molecule has 138 valence electrons. The molecule has 2 amide bonds. The van der Waals surface area contributed by atoms with Gasteiger partial charge < -0.3 is 20.5 Å². The second-order valence-corrected chi connectivity index (χ2v) is 6.07. The van der Waals surface area contributed by atoms with Crippen LogP contribution in [0.1, 0.15) is 28.9 Å². The number of hydrogen-bond acceptors (Lipinski definition) is 4. The Bertz CT molecular complexity index is 732. The van der Waals surface area contributed by atoms with Crippen molar-refractivity contribution in [2.75, 3.05) is 19.8 Å². The normalized spacial score (nSPS) is 11.5. The van der Waals surface area contributed by atoms with Crippen molar-refractivity contribution in [3.05, 3.63) is 64.7 Å². The summed E-state index contributed by atoms with van der Waals surface area (Å²) in [5, 5.41) is 14.7. The SMILES string of the molecule is CC(NC(=O)COc1ccc(C(=O)NCCO)cc1)c1ccc(Cl)cc1. The first-order valence-electron chi connectivity index (χ1n) is 8.16. The minimum Gasteiger partial charge on any atom is -0.484 e. The van der Waals surface area contributed by atoms with Gasteiger partial charge in [-0.15, -0.1) is 0 Å². The predicted molar refractivity (Wildman–Crippen MR) is 99.4 cm³/mol. The zero-order valence-electron chi connectivity index (χ0n) is 14.4. The fraction of sp³-hybridized carbons (Fsp3) is 0.263. The van der Waals surface area contributed by atoms with Crippen LogP contribution in [0.4, 0.5) is 0 Å². The summed E-state index contributed by atoms with van der Waals surface area (Å²) in [7, 11) is 0. The average Bonchev–Trinajstić information content (AvgIpc) is 2.65. The molecule has 26 heavy (non-hydrogen) atoms. The number of carbonyl (C=O) groups excluding carboxylic acids is 2. The van der Waals surface area contributed by atoms with Crippen LogP contribution < -0.4 is 15.4 Å². The maximum Gasteiger partial charge on any atom is 0.258 e. The molecule has 2 rings (SSSR count). The van der Waals surface area contributed by atoms with E-state index < -0.39 is 0 Å². The lowest BCUT2D eigenvalue weighted by Crippen LogP contribution is -2.31. The predicted octanol–water partition coefficient (Wildman–Crippen LogP) is 2.32. The first-order chi connectivity index (χ1) is 12.5. The highest BCUT2D eigenvalue weighted by molar-refractivity contribution is 6.30. The van der Waals surface area contributed by atoms with Crippen molar-refractivity contribution >= 4 is 23.4 Å². The van der Waals surface area contributed by atoms with Crippen LogP contribution in [-0.2, 0) is 4.79 Å². The van der Waals surface area contributed by atoms with Crippen molar-refractivity contribution < 1.29 is 19.4 Å². The lowest BCUT2D eigenvalue weighted by molar-refractivity contribution is -0.123. The Balaban J connectivity index is 1.81. The third kappa shape index (κ3) is 6.06. The Kier molecular flexibility index (Phi) is 7.44. The zero-order valence-corrected chi connectivity index (χ0v) is 15.1. The number of aliphatic hydroxyl groups is 1. The lowest BCUT2D eigenvalue weighted by atomic mass is 10.1. The van der Waals surface area contributed by atoms with Crippen LogP contribution in [0.5, 0.6) is 5.75 Å². The second kappa shape index (κ2) is 9.79. The fourth-order valence-electron chi connectivity index (χ4n) is 2.24. The molecule has 6 nitrogen and oxygen atoms in total. The molecule has 1 atom stereocenters. The summed E-state index contributed by atoms with van der Waals surface area (Å²) < 4.78 is 5.43. The van der Waals surface area contributed by atoms with Gasteiger partial charge in [-0.1, -0.05) is 23.7 Å². The average molecular weight is 377 g/mol. The van der Waals surface area contributed by atoms with E-state index in [1.807, 2.05) is 19.1 Å². The zero-order chi connectivity index (χ0) is 18.9. The Labute approximate surface area is 157 Å². The molecular formula is C19H21ClN2O4. The quantitative estimate of drug-likeness (QED) is 0.659. The molecule has 0 aliphatic carbocycles. The Morgan fingerprint density at radius 3 is 2.38 bits per heavy atom. The van der Waals surface area contributed by atoms with Gasteiger partial charge in [0.05, 0.1) is 12.6 Å². The maximum absolute atomic E-state index is 12.0. The van der Waals surface area contributed by atoms with E-state index in [4.69, 9.17) is 21.4 Å². The lowest BCUT2D eigenvalue weighted by Gasteiger charge is -2.15. The van der Waals surface area contributed by atoms with E-state index in [1.165, 1.54) is 0 Å². The molecule has 0 bridgehead atoms. The Morgan fingerprint density at radius 2 is 1.77 bits per heavy atom. The van der Waals surface area contributed by atoms with Gasteiger partial charge in [-0.2, -0.15) is 0 Å². The summed E-state index contributed by atoms with van der Waals surface area (Å²) in [5.74, 6) is -0.0460. The van der Waals surface area contributed by atoms with Gasteiger partial charge in [-0.3, -0.25) is 9.59 Å². The van der Waals surface area contributed by atoms with Crippen LogP contribution in [0.15, 0.2) is 48.5 Å². The summed E-state index contributed by atoms with van der Waals surface area (Å²) in [6, 6.07) is 13.5. The highest BCUT2D eigenvalue weighted by Gasteiger charge is 2.10. The van der Waals surface area contributed by atoms with Crippen molar-refractivity contribution in [1.29, 1.82) is 0 Å². The molecule has 0 saturated heterocycles. The van der Waals surface area contributed by atoms with E-state index in [0.717, 1.165) is 5.56 Å². The summed E-state index contributed by atoms with van der Waals surface area (Å²) in [5.41, 5.74) is 1.40. The molecule has 1 unspecified atom stereocenters. The van der Waals surface area contributed by atoms with Gasteiger partial charge in [0.25, 0.3) is 11.8 Å². The molecule has 0 fully saturated rings. The molecule has 2 aromatic rings. The van der Waals surface area contributed by atoms with Crippen LogP contribution in [0, 0.1) is 0 Å². The van der Waals surface area contributed by atoms with Crippen molar-refractivity contribution in [1.82, 2.24) is 10.6 Å². The number of nitrogens with one attached hydrogen (secondary N) is 2. The van der Waals surface area contributed by atoms with Crippen LogP contribution in [-0.4, -0.2) is 36.7 Å². The fourth-order valence-corrected chi connectivity index (χ4v) is 2.37. The first-order valence-corrected chi connectivity index (χ1v) is 8.54. The Morgan fingerprint density at radius 1 is 1.12 bits per heavy atom. The molecule has 0 aliphatic rings. The van der Waals surface area contributed by atoms with Gasteiger partial charge in [0.15, 0.2) is 6.61 Å². The highest BCUT2D eigenvalue weighted by Crippen LogP contribution is 2.16. The first kappa shape index (κ1) is 19.8. The molecule has 2 aromatic carbocycles. The number of hydrogen-bond donors (Lipinski definition) is 3. The monoisotopic (exact) mass is 376 g/mol. The summed E-state index contributed by atoms with van der Waals surface area (Å²) in [4.78, 5) is 23.7. The third-order valence-corrected chi connectivity index (χ3v) is 3.88. The molecule has 0 heterocycles. The third-order valence-electron chi connectivity index (χ3n) is 3.63. The summed E-state index contributed by atoms with van der Waals surface area (Å²) in [6.45, 7) is 1.83. The molecule has 0 spiro atoms. The minimum absolute atomic E-state index is 0.115. The van der Waals surface area contributed by atoms with Gasteiger partial charge in [0.2, 0.25) is 0 Å². The number of benzene rings is 2. The van der Waals surface area contributed by atoms with Gasteiger partial charge in [0.1, 0.15) is 5.75 Å². The Hall–Kier alpha value is -2.57. The van der Waals surface area contributed by atoms with Crippen molar-refractivity contribution in [3.8, 4) is 5.75 Å². The van der Waals surface area contributed by atoms with Gasteiger partial charge >= 0.3 is 0 Å². The topological polar surface area (TPSA) is 87.7 Å². The van der Waals surface area contributed by atoms with E-state index in [2.05, 4.69) is 10.6 Å².